The van der Waals surface area contributed by atoms with Crippen LogP contribution < -0.4 is 5.32 Å². The van der Waals surface area contributed by atoms with Crippen LogP contribution in [-0.2, 0) is 9.53 Å². The molecule has 5 rings (SSSR count). The van der Waals surface area contributed by atoms with Gasteiger partial charge in [-0.3, -0.25) is 4.79 Å². The number of nitrogens with zero attached hydrogens (tertiary/aromatic N) is 7. The van der Waals surface area contributed by atoms with Crippen LogP contribution in [0.5, 0.6) is 0 Å². The summed E-state index contributed by atoms with van der Waals surface area (Å²) in [5, 5.41) is 20.3. The molecule has 11 heteroatoms. The van der Waals surface area contributed by atoms with Gasteiger partial charge in [-0.25, -0.2) is 14.1 Å². The van der Waals surface area contributed by atoms with Crippen molar-refractivity contribution in [3.63, 3.8) is 0 Å². The van der Waals surface area contributed by atoms with Crippen molar-refractivity contribution in [3.8, 4) is 28.2 Å². The zero-order valence-electron chi connectivity index (χ0n) is 20.6. The Hall–Kier alpha value is -4.67. The Kier molecular flexibility index (Phi) is 6.34. The first-order chi connectivity index (χ1) is 17.7. The first kappa shape index (κ1) is 24.0. The third kappa shape index (κ3) is 5.61. The van der Waals surface area contributed by atoms with Gasteiger partial charge in [0.1, 0.15) is 29.3 Å². The first-order valence-corrected chi connectivity index (χ1v) is 11.7. The quantitative estimate of drug-likeness (QED) is 0.329. The number of hydrogen-bond acceptors (Lipinski definition) is 8. The molecule has 10 nitrogen and oxygen atoms in total. The number of aromatic nitrogens is 7. The van der Waals surface area contributed by atoms with Gasteiger partial charge in [0.2, 0.25) is 0 Å². The number of halogens is 1. The minimum atomic E-state index is -0.528. The predicted molar refractivity (Wildman–Crippen MR) is 135 cm³/mol. The fourth-order valence-electron chi connectivity index (χ4n) is 3.74. The fourth-order valence-corrected chi connectivity index (χ4v) is 3.74. The zero-order valence-corrected chi connectivity index (χ0v) is 20.6. The molecule has 0 aliphatic heterocycles. The third-order valence-corrected chi connectivity index (χ3v) is 5.34. The molecule has 37 heavy (non-hydrogen) atoms. The molecular formula is C26H25FN8O2. The molecule has 188 valence electrons. The zero-order chi connectivity index (χ0) is 26.0. The largest absolute Gasteiger partial charge is 0.460 e. The van der Waals surface area contributed by atoms with E-state index in [9.17, 15) is 9.18 Å². The van der Waals surface area contributed by atoms with Crippen molar-refractivity contribution in [2.24, 2.45) is 0 Å². The second-order valence-electron chi connectivity index (χ2n) is 9.36. The van der Waals surface area contributed by atoms with Crippen LogP contribution in [0.4, 0.5) is 10.2 Å². The molecule has 0 aliphatic rings. The summed E-state index contributed by atoms with van der Waals surface area (Å²) >= 11 is 0. The Bertz CT molecular complexity index is 1550. The van der Waals surface area contributed by atoms with Crippen LogP contribution in [0.25, 0.3) is 33.8 Å². The highest BCUT2D eigenvalue weighted by molar-refractivity contribution is 5.81. The first-order valence-electron chi connectivity index (χ1n) is 11.7. The van der Waals surface area contributed by atoms with Crippen LogP contribution in [-0.4, -0.2) is 52.7 Å². The molecule has 4 heterocycles. The predicted octanol–water partition coefficient (Wildman–Crippen LogP) is 4.32. The Morgan fingerprint density at radius 2 is 1.86 bits per heavy atom. The molecule has 0 bridgehead atoms. The molecule has 5 aromatic rings. The summed E-state index contributed by atoms with van der Waals surface area (Å²) in [6, 6.07) is 13.5. The van der Waals surface area contributed by atoms with Gasteiger partial charge in [0.15, 0.2) is 11.5 Å². The van der Waals surface area contributed by atoms with Crippen molar-refractivity contribution in [1.29, 1.82) is 0 Å². The molecule has 0 aliphatic carbocycles. The van der Waals surface area contributed by atoms with Gasteiger partial charge >= 0.3 is 5.97 Å². The van der Waals surface area contributed by atoms with E-state index in [0.29, 0.717) is 29.5 Å². The van der Waals surface area contributed by atoms with Gasteiger partial charge in [0.25, 0.3) is 0 Å². The van der Waals surface area contributed by atoms with E-state index in [-0.39, 0.29) is 18.2 Å². The van der Waals surface area contributed by atoms with Gasteiger partial charge in [0.05, 0.1) is 6.42 Å². The molecular weight excluding hydrogens is 475 g/mol. The van der Waals surface area contributed by atoms with E-state index in [1.807, 2.05) is 39.1 Å². The average Bonchev–Trinajstić information content (AvgIpc) is 3.51. The Labute approximate surface area is 212 Å². The van der Waals surface area contributed by atoms with Gasteiger partial charge in [0, 0.05) is 30.1 Å². The molecule has 0 amide bonds. The van der Waals surface area contributed by atoms with Crippen molar-refractivity contribution in [3.05, 3.63) is 73.1 Å². The summed E-state index contributed by atoms with van der Waals surface area (Å²) in [7, 11) is 0. The standard InChI is InChI=1S/C26H25FN8O2/c1-26(2,3)37-24(36)11-13-29-21-14-18(10-12-28-21)20-15-34(23-9-8-22-31-30-16-35(22)32-23)33-25(20)17-4-6-19(27)7-5-17/h4-10,12,14-16H,11,13H2,1-3H3,(H,28,29). The minimum Gasteiger partial charge on any atom is -0.460 e. The number of carbonyl (C=O) groups excluding carboxylic acids is 1. The molecule has 0 atom stereocenters. The lowest BCUT2D eigenvalue weighted by atomic mass is 10.0. The monoisotopic (exact) mass is 500 g/mol. The van der Waals surface area contributed by atoms with E-state index in [1.165, 1.54) is 18.5 Å². The summed E-state index contributed by atoms with van der Waals surface area (Å²) in [5.41, 5.74) is 3.12. The van der Waals surface area contributed by atoms with E-state index in [2.05, 4.69) is 25.6 Å². The number of rotatable bonds is 7. The highest BCUT2D eigenvalue weighted by atomic mass is 19.1. The van der Waals surface area contributed by atoms with Gasteiger partial charge in [-0.1, -0.05) is 0 Å². The molecule has 0 unspecified atom stereocenters. The number of esters is 1. The van der Waals surface area contributed by atoms with E-state index < -0.39 is 5.60 Å². The lowest BCUT2D eigenvalue weighted by molar-refractivity contribution is -0.154. The van der Waals surface area contributed by atoms with Crippen molar-refractivity contribution in [2.45, 2.75) is 32.8 Å². The molecule has 0 spiro atoms. The number of pyridine rings is 1. The third-order valence-electron chi connectivity index (χ3n) is 5.34. The lowest BCUT2D eigenvalue weighted by Crippen LogP contribution is -2.25. The molecule has 0 saturated carbocycles. The molecule has 0 radical (unpaired) electrons. The van der Waals surface area contributed by atoms with Crippen molar-refractivity contribution >= 4 is 17.4 Å². The van der Waals surface area contributed by atoms with E-state index >= 15 is 0 Å². The molecule has 4 aromatic heterocycles. The highest BCUT2D eigenvalue weighted by Crippen LogP contribution is 2.32. The van der Waals surface area contributed by atoms with Crippen LogP contribution in [0, 0.1) is 5.82 Å². The summed E-state index contributed by atoms with van der Waals surface area (Å²) < 4.78 is 22.2. The summed E-state index contributed by atoms with van der Waals surface area (Å²) in [6.45, 7) is 5.88. The van der Waals surface area contributed by atoms with Crippen LogP contribution in [0.3, 0.4) is 0 Å². The Balaban J connectivity index is 1.46. The summed E-state index contributed by atoms with van der Waals surface area (Å²) in [6.07, 6.45) is 5.26. The number of ether oxygens (including phenoxy) is 1. The second-order valence-corrected chi connectivity index (χ2v) is 9.36. The van der Waals surface area contributed by atoms with E-state index in [4.69, 9.17) is 9.84 Å². The SMILES string of the molecule is CC(C)(C)OC(=O)CCNc1cc(-c2cn(-c3ccc4nncn4n3)nc2-c2ccc(F)cc2)ccn1. The maximum atomic E-state index is 13.6. The molecule has 1 N–H and O–H groups in total. The average molecular weight is 501 g/mol. The Morgan fingerprint density at radius 3 is 2.65 bits per heavy atom. The van der Waals surface area contributed by atoms with Crippen molar-refractivity contribution in [2.75, 3.05) is 11.9 Å². The maximum Gasteiger partial charge on any atom is 0.308 e. The topological polar surface area (TPSA) is 112 Å². The summed E-state index contributed by atoms with van der Waals surface area (Å²) in [4.78, 5) is 16.4. The van der Waals surface area contributed by atoms with Crippen LogP contribution in [0.15, 0.2) is 67.3 Å². The van der Waals surface area contributed by atoms with Crippen molar-refractivity contribution in [1.82, 2.24) is 34.6 Å². The fraction of sp³-hybridized carbons (Fsp3) is 0.231. The number of fused-ring (bicyclic) bond motifs is 1. The van der Waals surface area contributed by atoms with Gasteiger partial charge in [-0.05, 0) is 74.9 Å². The van der Waals surface area contributed by atoms with Crippen LogP contribution >= 0.6 is 0 Å². The van der Waals surface area contributed by atoms with Crippen molar-refractivity contribution < 1.29 is 13.9 Å². The summed E-state index contributed by atoms with van der Waals surface area (Å²) in [5.74, 6) is 0.549. The van der Waals surface area contributed by atoms with Gasteiger partial charge < -0.3 is 10.1 Å². The van der Waals surface area contributed by atoms with Gasteiger partial charge in [-0.2, -0.15) is 9.61 Å². The molecule has 0 saturated heterocycles. The highest BCUT2D eigenvalue weighted by Gasteiger charge is 2.17. The Morgan fingerprint density at radius 1 is 1.05 bits per heavy atom. The molecule has 0 fully saturated rings. The van der Waals surface area contributed by atoms with Crippen LogP contribution in [0.1, 0.15) is 27.2 Å². The number of carbonyl (C=O) groups is 1. The smallest absolute Gasteiger partial charge is 0.308 e. The van der Waals surface area contributed by atoms with Crippen LogP contribution in [0.2, 0.25) is 0 Å². The molecule has 1 aromatic carbocycles. The number of anilines is 1. The maximum absolute atomic E-state index is 13.6. The number of benzene rings is 1. The second kappa shape index (κ2) is 9.76. The minimum absolute atomic E-state index is 0.208. The van der Waals surface area contributed by atoms with Gasteiger partial charge in [-0.15, -0.1) is 15.3 Å². The van der Waals surface area contributed by atoms with E-state index in [1.54, 1.807) is 39.7 Å². The number of hydrogen-bond donors (Lipinski definition) is 1. The lowest BCUT2D eigenvalue weighted by Gasteiger charge is -2.19. The normalized spacial score (nSPS) is 11.6. The van der Waals surface area contributed by atoms with E-state index in [0.717, 1.165) is 16.7 Å². The number of nitrogens with one attached hydrogen (secondary N) is 1.